The Bertz CT molecular complexity index is 1880. The van der Waals surface area contributed by atoms with Crippen molar-refractivity contribution in [2.45, 2.75) is 25.8 Å². The molecule has 2 aliphatic rings. The zero-order valence-corrected chi connectivity index (χ0v) is 24.4. The Hall–Kier alpha value is -5.37. The van der Waals surface area contributed by atoms with Gasteiger partial charge in [0.15, 0.2) is 0 Å². The van der Waals surface area contributed by atoms with E-state index in [1.807, 2.05) is 71.8 Å². The predicted molar refractivity (Wildman–Crippen MR) is 171 cm³/mol. The summed E-state index contributed by atoms with van der Waals surface area (Å²) in [7, 11) is 0. The summed E-state index contributed by atoms with van der Waals surface area (Å²) in [4.78, 5) is 46.0. The number of aromatic nitrogens is 1. The van der Waals surface area contributed by atoms with Gasteiger partial charge < -0.3 is 19.9 Å². The van der Waals surface area contributed by atoms with Crippen molar-refractivity contribution < 1.29 is 19.1 Å². The van der Waals surface area contributed by atoms with Gasteiger partial charge in [-0.15, -0.1) is 0 Å². The number of hydrogen-bond acceptors (Lipinski definition) is 5. The standard InChI is InChI=1S/C36H32N4O4/c1-23-16-19-39(32-10-5-4-9-31(32)38-23)34(41)26-11-13-27(24-12-14-30-25(21-24)15-17-37-30)33(22-26)44-20-6-18-40-35(42)28-7-2-3-8-29(28)36(40)43/h2-5,7-15,17,21-23,37-38H,6,16,18-20H2,1H3. The van der Waals surface area contributed by atoms with Crippen molar-refractivity contribution in [3.05, 3.63) is 114 Å². The lowest BCUT2D eigenvalue weighted by Crippen LogP contribution is -2.32. The van der Waals surface area contributed by atoms with E-state index in [-0.39, 0.29) is 36.9 Å². The molecule has 0 radical (unpaired) electrons. The van der Waals surface area contributed by atoms with E-state index in [1.165, 1.54) is 4.90 Å². The van der Waals surface area contributed by atoms with Crippen LogP contribution in [0.25, 0.3) is 22.0 Å². The molecular formula is C36H32N4O4. The van der Waals surface area contributed by atoms with Gasteiger partial charge >= 0.3 is 0 Å². The molecule has 4 aromatic carbocycles. The quantitative estimate of drug-likeness (QED) is 0.163. The molecule has 0 spiro atoms. The van der Waals surface area contributed by atoms with Gasteiger partial charge in [0.2, 0.25) is 0 Å². The smallest absolute Gasteiger partial charge is 0.261 e. The van der Waals surface area contributed by atoms with Crippen molar-refractivity contribution in [3.63, 3.8) is 0 Å². The van der Waals surface area contributed by atoms with Gasteiger partial charge in [0.05, 0.1) is 29.1 Å². The van der Waals surface area contributed by atoms with Crippen molar-refractivity contribution in [1.29, 1.82) is 0 Å². The average molecular weight is 585 g/mol. The molecule has 1 unspecified atom stereocenters. The number of rotatable bonds is 7. The van der Waals surface area contributed by atoms with Crippen molar-refractivity contribution >= 4 is 40.0 Å². The van der Waals surface area contributed by atoms with E-state index in [2.05, 4.69) is 23.3 Å². The first-order valence-corrected chi connectivity index (χ1v) is 14.9. The summed E-state index contributed by atoms with van der Waals surface area (Å²) < 4.78 is 6.34. The highest BCUT2D eigenvalue weighted by molar-refractivity contribution is 6.21. The second-order valence-electron chi connectivity index (χ2n) is 11.3. The lowest BCUT2D eigenvalue weighted by atomic mass is 10.0. The van der Waals surface area contributed by atoms with Gasteiger partial charge in [-0.25, -0.2) is 0 Å². The fourth-order valence-electron chi connectivity index (χ4n) is 6.06. The van der Waals surface area contributed by atoms with Gasteiger partial charge in [-0.05, 0) is 91.4 Å². The second-order valence-corrected chi connectivity index (χ2v) is 11.3. The van der Waals surface area contributed by atoms with E-state index in [1.54, 1.807) is 24.3 Å². The molecule has 0 bridgehead atoms. The number of carbonyl (C=O) groups excluding carboxylic acids is 3. The Morgan fingerprint density at radius 2 is 1.66 bits per heavy atom. The Morgan fingerprint density at radius 3 is 2.48 bits per heavy atom. The van der Waals surface area contributed by atoms with E-state index in [0.29, 0.717) is 35.4 Å². The number of ether oxygens (including phenoxy) is 1. The third-order valence-corrected chi connectivity index (χ3v) is 8.38. The molecule has 1 atom stereocenters. The van der Waals surface area contributed by atoms with Crippen molar-refractivity contribution in [2.24, 2.45) is 0 Å². The molecule has 8 heteroatoms. The fraction of sp³-hybridized carbons (Fsp3) is 0.194. The monoisotopic (exact) mass is 584 g/mol. The van der Waals surface area contributed by atoms with Gasteiger partial charge in [-0.1, -0.05) is 30.3 Å². The topological polar surface area (TPSA) is 94.7 Å². The van der Waals surface area contributed by atoms with Crippen LogP contribution in [0.4, 0.5) is 11.4 Å². The van der Waals surface area contributed by atoms with Crippen LogP contribution in [-0.2, 0) is 0 Å². The normalized spacial score (nSPS) is 16.0. The number of fused-ring (bicyclic) bond motifs is 3. The summed E-state index contributed by atoms with van der Waals surface area (Å²) >= 11 is 0. The lowest BCUT2D eigenvalue weighted by molar-refractivity contribution is 0.0646. The van der Waals surface area contributed by atoms with Crippen LogP contribution in [0, 0.1) is 0 Å². The molecular weight excluding hydrogens is 552 g/mol. The van der Waals surface area contributed by atoms with Gasteiger partial charge in [0.1, 0.15) is 5.75 Å². The summed E-state index contributed by atoms with van der Waals surface area (Å²) in [5.41, 5.74) is 6.04. The molecule has 3 heterocycles. The van der Waals surface area contributed by atoms with Crippen LogP contribution in [0.3, 0.4) is 0 Å². The van der Waals surface area contributed by atoms with Crippen molar-refractivity contribution in [1.82, 2.24) is 9.88 Å². The third kappa shape index (κ3) is 4.98. The highest BCUT2D eigenvalue weighted by Gasteiger charge is 2.34. The van der Waals surface area contributed by atoms with Crippen LogP contribution in [0.5, 0.6) is 5.75 Å². The molecule has 2 aliphatic heterocycles. The van der Waals surface area contributed by atoms with Crippen LogP contribution in [0.1, 0.15) is 50.8 Å². The fourth-order valence-corrected chi connectivity index (χ4v) is 6.06. The molecule has 1 aromatic heterocycles. The third-order valence-electron chi connectivity index (χ3n) is 8.38. The largest absolute Gasteiger partial charge is 0.493 e. The molecule has 44 heavy (non-hydrogen) atoms. The zero-order valence-electron chi connectivity index (χ0n) is 24.4. The minimum atomic E-state index is -0.278. The number of benzene rings is 4. The highest BCUT2D eigenvalue weighted by atomic mass is 16.5. The Kier molecular flexibility index (Phi) is 7.10. The lowest BCUT2D eigenvalue weighted by Gasteiger charge is -2.23. The van der Waals surface area contributed by atoms with Crippen LogP contribution in [0.2, 0.25) is 0 Å². The number of para-hydroxylation sites is 2. The molecule has 3 amide bonds. The van der Waals surface area contributed by atoms with E-state index in [9.17, 15) is 14.4 Å². The second kappa shape index (κ2) is 11.4. The van der Waals surface area contributed by atoms with Gasteiger partial charge in [-0.2, -0.15) is 0 Å². The first-order valence-electron chi connectivity index (χ1n) is 14.9. The number of amides is 3. The molecule has 0 saturated heterocycles. The summed E-state index contributed by atoms with van der Waals surface area (Å²) in [6.45, 7) is 3.21. The Morgan fingerprint density at radius 1 is 0.886 bits per heavy atom. The minimum Gasteiger partial charge on any atom is -0.493 e. The average Bonchev–Trinajstić information content (AvgIpc) is 3.56. The Balaban J connectivity index is 1.15. The van der Waals surface area contributed by atoms with Crippen molar-refractivity contribution in [3.8, 4) is 16.9 Å². The zero-order chi connectivity index (χ0) is 30.2. The number of hydrogen-bond donors (Lipinski definition) is 2. The number of anilines is 2. The van der Waals surface area contributed by atoms with Crippen LogP contribution in [0.15, 0.2) is 97.2 Å². The summed E-state index contributed by atoms with van der Waals surface area (Å²) in [5, 5.41) is 4.58. The highest BCUT2D eigenvalue weighted by Crippen LogP contribution is 2.36. The number of carbonyl (C=O) groups is 3. The summed E-state index contributed by atoms with van der Waals surface area (Å²) in [6.07, 6.45) is 3.17. The first kappa shape index (κ1) is 27.5. The molecule has 5 aromatic rings. The van der Waals surface area contributed by atoms with Crippen LogP contribution in [-0.4, -0.2) is 53.3 Å². The van der Waals surface area contributed by atoms with Crippen LogP contribution < -0.4 is 15.0 Å². The molecule has 0 saturated carbocycles. The summed E-state index contributed by atoms with van der Waals surface area (Å²) in [5.74, 6) is -0.0833. The minimum absolute atomic E-state index is 0.100. The van der Waals surface area contributed by atoms with Gasteiger partial charge in [-0.3, -0.25) is 19.3 Å². The molecule has 220 valence electrons. The maximum atomic E-state index is 14.0. The molecule has 0 aliphatic carbocycles. The molecule has 8 nitrogen and oxygen atoms in total. The van der Waals surface area contributed by atoms with E-state index in [4.69, 9.17) is 4.74 Å². The SMILES string of the molecule is CC1CCN(C(=O)c2ccc(-c3ccc4[nH]ccc4c3)c(OCCCN3C(=O)c4ccccc4C3=O)c2)c2ccccc2N1. The predicted octanol–water partition coefficient (Wildman–Crippen LogP) is 6.75. The first-order chi connectivity index (χ1) is 21.5. The van der Waals surface area contributed by atoms with Crippen molar-refractivity contribution in [2.75, 3.05) is 29.9 Å². The maximum absolute atomic E-state index is 14.0. The number of aromatic amines is 1. The van der Waals surface area contributed by atoms with Gasteiger partial charge in [0.25, 0.3) is 17.7 Å². The van der Waals surface area contributed by atoms with E-state index >= 15 is 0 Å². The number of H-pyrrole nitrogens is 1. The van der Waals surface area contributed by atoms with Crippen LogP contribution >= 0.6 is 0 Å². The van der Waals surface area contributed by atoms with Gasteiger partial charge in [0, 0.05) is 42.0 Å². The number of nitrogens with zero attached hydrogens (tertiary/aromatic N) is 2. The number of nitrogens with one attached hydrogen (secondary N) is 2. The Labute approximate surface area is 255 Å². The van der Waals surface area contributed by atoms with E-state index in [0.717, 1.165) is 39.8 Å². The number of imide groups is 1. The summed E-state index contributed by atoms with van der Waals surface area (Å²) in [6, 6.07) is 28.8. The maximum Gasteiger partial charge on any atom is 0.261 e. The van der Waals surface area contributed by atoms with E-state index < -0.39 is 0 Å². The molecule has 7 rings (SSSR count). The molecule has 2 N–H and O–H groups in total. The molecule has 0 fully saturated rings.